The van der Waals surface area contributed by atoms with Gasteiger partial charge in [0, 0.05) is 18.2 Å². The molecule has 27 heavy (non-hydrogen) atoms. The number of ether oxygens (including phenoxy) is 3. The summed E-state index contributed by atoms with van der Waals surface area (Å²) in [6, 6.07) is 13.4. The van der Waals surface area contributed by atoms with Crippen molar-refractivity contribution < 1.29 is 19.0 Å². The Bertz CT molecular complexity index is 744. The second-order valence-electron chi connectivity index (χ2n) is 6.41. The van der Waals surface area contributed by atoms with E-state index in [9.17, 15) is 4.79 Å². The molecule has 2 aromatic carbocycles. The first kappa shape index (κ1) is 20.6. The first-order valence-electron chi connectivity index (χ1n) is 8.76. The Labute approximate surface area is 161 Å². The lowest BCUT2D eigenvalue weighted by Gasteiger charge is -2.25. The number of hydrogen-bond acceptors (Lipinski definition) is 5. The molecule has 0 aliphatic rings. The van der Waals surface area contributed by atoms with Gasteiger partial charge in [-0.2, -0.15) is 0 Å². The second-order valence-corrected chi connectivity index (χ2v) is 6.41. The topological polar surface area (TPSA) is 60.0 Å². The predicted octanol–water partition coefficient (Wildman–Crippen LogP) is 2.67. The third kappa shape index (κ3) is 5.62. The summed E-state index contributed by atoms with van der Waals surface area (Å²) in [5, 5.41) is 3.02. The van der Waals surface area contributed by atoms with Crippen LogP contribution in [0.1, 0.15) is 17.2 Å². The number of likely N-dealkylation sites (N-methyl/N-ethyl adjacent to an activating group) is 1. The molecule has 0 saturated carbocycles. The molecule has 0 bridgehead atoms. The van der Waals surface area contributed by atoms with Gasteiger partial charge in [0.25, 0.3) is 0 Å². The molecule has 6 heteroatoms. The molecule has 6 nitrogen and oxygen atoms in total. The summed E-state index contributed by atoms with van der Waals surface area (Å²) < 4.78 is 15.8. The zero-order valence-corrected chi connectivity index (χ0v) is 16.6. The number of nitrogens with one attached hydrogen (secondary N) is 1. The largest absolute Gasteiger partial charge is 0.497 e. The van der Waals surface area contributed by atoms with Crippen molar-refractivity contribution in [3.8, 4) is 17.2 Å². The molecule has 0 radical (unpaired) electrons. The molecule has 0 aromatic heterocycles. The van der Waals surface area contributed by atoms with Gasteiger partial charge in [-0.1, -0.05) is 18.2 Å². The molecule has 0 heterocycles. The summed E-state index contributed by atoms with van der Waals surface area (Å²) in [6.45, 7) is 0.511. The number of rotatable bonds is 9. The minimum atomic E-state index is -0.0566. The van der Waals surface area contributed by atoms with Crippen LogP contribution in [0.25, 0.3) is 0 Å². The maximum atomic E-state index is 12.5. The molecule has 0 saturated heterocycles. The molecule has 2 rings (SSSR count). The Kier molecular flexibility index (Phi) is 7.49. The number of carbonyl (C=O) groups is 1. The average molecular weight is 372 g/mol. The van der Waals surface area contributed by atoms with Crippen molar-refractivity contribution in [3.05, 3.63) is 53.6 Å². The summed E-state index contributed by atoms with van der Waals surface area (Å²) in [5.41, 5.74) is 1.93. The average Bonchev–Trinajstić information content (AvgIpc) is 2.68. The number of nitrogens with zero attached hydrogens (tertiary/aromatic N) is 1. The molecule has 0 aliphatic carbocycles. The number of amides is 1. The predicted molar refractivity (Wildman–Crippen MR) is 106 cm³/mol. The Balaban J connectivity index is 2.01. The van der Waals surface area contributed by atoms with Gasteiger partial charge in [0.1, 0.15) is 17.2 Å². The van der Waals surface area contributed by atoms with Crippen LogP contribution in [0.3, 0.4) is 0 Å². The highest BCUT2D eigenvalue weighted by Crippen LogP contribution is 2.25. The van der Waals surface area contributed by atoms with Gasteiger partial charge in [-0.15, -0.1) is 0 Å². The van der Waals surface area contributed by atoms with E-state index in [-0.39, 0.29) is 18.4 Å². The van der Waals surface area contributed by atoms with Crippen molar-refractivity contribution in [1.82, 2.24) is 10.2 Å². The Morgan fingerprint density at radius 3 is 2.15 bits per heavy atom. The molecule has 1 atom stereocenters. The lowest BCUT2D eigenvalue weighted by Crippen LogP contribution is -2.35. The van der Waals surface area contributed by atoms with Crippen molar-refractivity contribution in [3.63, 3.8) is 0 Å². The van der Waals surface area contributed by atoms with Gasteiger partial charge in [-0.3, -0.25) is 4.79 Å². The lowest BCUT2D eigenvalue weighted by atomic mass is 10.1. The molecule has 1 amide bonds. The van der Waals surface area contributed by atoms with E-state index in [4.69, 9.17) is 14.2 Å². The van der Waals surface area contributed by atoms with Gasteiger partial charge < -0.3 is 24.4 Å². The highest BCUT2D eigenvalue weighted by Gasteiger charge is 2.16. The van der Waals surface area contributed by atoms with Crippen LogP contribution in [-0.2, 0) is 11.2 Å². The number of methoxy groups -OCH3 is 3. The quantitative estimate of drug-likeness (QED) is 0.733. The molecule has 0 aliphatic heterocycles. The highest BCUT2D eigenvalue weighted by molar-refractivity contribution is 5.79. The van der Waals surface area contributed by atoms with E-state index in [0.29, 0.717) is 18.0 Å². The zero-order chi connectivity index (χ0) is 19.8. The number of benzene rings is 2. The highest BCUT2D eigenvalue weighted by atomic mass is 16.5. The third-order valence-corrected chi connectivity index (χ3v) is 4.46. The minimum absolute atomic E-state index is 0.0566. The van der Waals surface area contributed by atoms with Crippen LogP contribution < -0.4 is 19.5 Å². The van der Waals surface area contributed by atoms with Gasteiger partial charge in [0.05, 0.1) is 33.8 Å². The monoisotopic (exact) mass is 372 g/mol. The normalized spacial score (nSPS) is 11.8. The van der Waals surface area contributed by atoms with Crippen molar-refractivity contribution >= 4 is 5.91 Å². The molecular weight excluding hydrogens is 344 g/mol. The lowest BCUT2D eigenvalue weighted by molar-refractivity contribution is -0.120. The molecule has 1 unspecified atom stereocenters. The fraction of sp³-hybridized carbons (Fsp3) is 0.381. The van der Waals surface area contributed by atoms with E-state index < -0.39 is 0 Å². The molecule has 146 valence electrons. The molecule has 0 fully saturated rings. The van der Waals surface area contributed by atoms with Gasteiger partial charge in [0.15, 0.2) is 0 Å². The van der Waals surface area contributed by atoms with Crippen molar-refractivity contribution in [1.29, 1.82) is 0 Å². The van der Waals surface area contributed by atoms with E-state index in [0.717, 1.165) is 16.9 Å². The van der Waals surface area contributed by atoms with Crippen LogP contribution in [0.2, 0.25) is 0 Å². The summed E-state index contributed by atoms with van der Waals surface area (Å²) in [7, 11) is 8.82. The maximum absolute atomic E-state index is 12.5. The maximum Gasteiger partial charge on any atom is 0.224 e. The van der Waals surface area contributed by atoms with Gasteiger partial charge in [-0.25, -0.2) is 0 Å². The Morgan fingerprint density at radius 2 is 1.59 bits per heavy atom. The number of carbonyl (C=O) groups excluding carboxylic acids is 1. The number of hydrogen-bond donors (Lipinski definition) is 1. The van der Waals surface area contributed by atoms with Gasteiger partial charge in [0.2, 0.25) is 5.91 Å². The smallest absolute Gasteiger partial charge is 0.224 e. The van der Waals surface area contributed by atoms with E-state index >= 15 is 0 Å². The van der Waals surface area contributed by atoms with Crippen LogP contribution in [-0.4, -0.2) is 52.8 Å². The Hall–Kier alpha value is -2.73. The van der Waals surface area contributed by atoms with Crippen molar-refractivity contribution in [2.24, 2.45) is 0 Å². The minimum Gasteiger partial charge on any atom is -0.497 e. The van der Waals surface area contributed by atoms with Gasteiger partial charge in [-0.05, 0) is 37.9 Å². The summed E-state index contributed by atoms with van der Waals surface area (Å²) in [4.78, 5) is 14.5. The summed E-state index contributed by atoms with van der Waals surface area (Å²) in [5.74, 6) is 2.10. The van der Waals surface area contributed by atoms with Crippen LogP contribution in [0.4, 0.5) is 0 Å². The summed E-state index contributed by atoms with van der Waals surface area (Å²) in [6.07, 6.45) is 0.246. The van der Waals surface area contributed by atoms with E-state index in [1.165, 1.54) is 0 Å². The van der Waals surface area contributed by atoms with E-state index in [1.54, 1.807) is 27.4 Å². The fourth-order valence-electron chi connectivity index (χ4n) is 2.87. The third-order valence-electron chi connectivity index (χ3n) is 4.46. The first-order valence-corrected chi connectivity index (χ1v) is 8.76. The Morgan fingerprint density at radius 1 is 0.963 bits per heavy atom. The standard InChI is InChI=1S/C21H28N2O4/c1-23(2)19(15-6-9-17(25-3)10-7-15)14-22-21(24)12-16-8-11-18(26-4)13-20(16)27-5/h6-11,13,19H,12,14H2,1-5H3,(H,22,24). The van der Waals surface area contributed by atoms with Crippen molar-refractivity contribution in [2.45, 2.75) is 12.5 Å². The van der Waals surface area contributed by atoms with Crippen LogP contribution >= 0.6 is 0 Å². The van der Waals surface area contributed by atoms with Gasteiger partial charge >= 0.3 is 0 Å². The fourth-order valence-corrected chi connectivity index (χ4v) is 2.87. The van der Waals surface area contributed by atoms with Crippen molar-refractivity contribution in [2.75, 3.05) is 42.0 Å². The second kappa shape index (κ2) is 9.83. The first-order chi connectivity index (χ1) is 13.0. The molecule has 2 aromatic rings. The van der Waals surface area contributed by atoms with E-state index in [2.05, 4.69) is 10.2 Å². The SMILES string of the molecule is COc1ccc(C(CNC(=O)Cc2ccc(OC)cc2OC)N(C)C)cc1. The molecular formula is C21H28N2O4. The van der Waals surface area contributed by atoms with Crippen LogP contribution in [0, 0.1) is 0 Å². The van der Waals surface area contributed by atoms with Crippen LogP contribution in [0.15, 0.2) is 42.5 Å². The molecule has 1 N–H and O–H groups in total. The molecule has 0 spiro atoms. The summed E-state index contributed by atoms with van der Waals surface area (Å²) >= 11 is 0. The van der Waals surface area contributed by atoms with E-state index in [1.807, 2.05) is 50.5 Å². The zero-order valence-electron chi connectivity index (χ0n) is 16.6. The van der Waals surface area contributed by atoms with Crippen LogP contribution in [0.5, 0.6) is 17.2 Å².